The molecule has 0 radical (unpaired) electrons. The fourth-order valence-corrected chi connectivity index (χ4v) is 3.33. The summed E-state index contributed by atoms with van der Waals surface area (Å²) in [6.45, 7) is 1.99. The first-order chi connectivity index (χ1) is 10.2. The zero-order valence-corrected chi connectivity index (χ0v) is 11.9. The lowest BCUT2D eigenvalue weighted by Gasteiger charge is -2.14. The number of carbonyl (C=O) groups excluding carboxylic acids is 1. The van der Waals surface area contributed by atoms with Gasteiger partial charge >= 0.3 is 0 Å². The first-order valence-electron chi connectivity index (χ1n) is 7.35. The topological polar surface area (TPSA) is 72.7 Å². The lowest BCUT2D eigenvalue weighted by atomic mass is 10.0. The van der Waals surface area contributed by atoms with E-state index in [0.717, 1.165) is 41.6 Å². The second-order valence-electron chi connectivity index (χ2n) is 6.17. The molecule has 21 heavy (non-hydrogen) atoms. The predicted molar refractivity (Wildman–Crippen MR) is 76.8 cm³/mol. The Hall–Kier alpha value is -2.24. The van der Waals surface area contributed by atoms with E-state index in [2.05, 4.69) is 20.8 Å². The summed E-state index contributed by atoms with van der Waals surface area (Å²) in [5.74, 6) is 1.97. The minimum Gasteiger partial charge on any atom is -0.326 e. The van der Waals surface area contributed by atoms with Crippen molar-refractivity contribution < 1.29 is 4.79 Å². The number of amides is 1. The van der Waals surface area contributed by atoms with E-state index in [-0.39, 0.29) is 11.8 Å². The maximum absolute atomic E-state index is 12.4. The van der Waals surface area contributed by atoms with Crippen molar-refractivity contribution in [3.63, 3.8) is 0 Å². The average Bonchev–Trinajstić information content (AvgIpc) is 2.94. The van der Waals surface area contributed by atoms with E-state index < -0.39 is 0 Å². The number of benzene rings is 1. The minimum atomic E-state index is 0.152. The van der Waals surface area contributed by atoms with Crippen LogP contribution in [0.25, 0.3) is 5.69 Å². The van der Waals surface area contributed by atoms with Gasteiger partial charge in [0.15, 0.2) is 0 Å². The van der Waals surface area contributed by atoms with Gasteiger partial charge in [0.05, 0.1) is 5.69 Å². The molecule has 4 rings (SSSR count). The third-order valence-electron chi connectivity index (χ3n) is 4.71. The van der Waals surface area contributed by atoms with Crippen molar-refractivity contribution in [2.45, 2.75) is 26.2 Å². The number of nitrogens with one attached hydrogen (secondary N) is 1. The molecule has 1 amide bonds. The molecule has 1 heterocycles. The highest BCUT2D eigenvalue weighted by Gasteiger charge is 2.47. The fourth-order valence-electron chi connectivity index (χ4n) is 3.33. The molecule has 6 heteroatoms. The molecule has 1 aromatic carbocycles. The fraction of sp³-hybridized carbons (Fsp3) is 0.467. The molecule has 2 aliphatic carbocycles. The molecular weight excluding hydrogens is 266 g/mol. The first kappa shape index (κ1) is 12.5. The van der Waals surface area contributed by atoms with Gasteiger partial charge in [-0.1, -0.05) is 6.07 Å². The van der Waals surface area contributed by atoms with Gasteiger partial charge in [-0.05, 0) is 66.1 Å². The molecule has 2 unspecified atom stereocenters. The molecular formula is C15H17N5O. The number of aromatic nitrogens is 4. The molecule has 0 aliphatic heterocycles. The Morgan fingerprint density at radius 2 is 2.10 bits per heavy atom. The lowest BCUT2D eigenvalue weighted by Crippen LogP contribution is -2.22. The summed E-state index contributed by atoms with van der Waals surface area (Å²) >= 11 is 0. The number of carbonyl (C=O) groups is 1. The summed E-state index contributed by atoms with van der Waals surface area (Å²) < 4.78 is 1.58. The van der Waals surface area contributed by atoms with Crippen LogP contribution in [0.5, 0.6) is 0 Å². The average molecular weight is 283 g/mol. The quantitative estimate of drug-likeness (QED) is 0.934. The Kier molecular flexibility index (Phi) is 2.77. The number of rotatable bonds is 3. The molecule has 0 bridgehead atoms. The molecule has 1 aromatic heterocycles. The molecule has 0 saturated heterocycles. The highest BCUT2D eigenvalue weighted by molar-refractivity contribution is 5.93. The van der Waals surface area contributed by atoms with Crippen LogP contribution in [-0.4, -0.2) is 26.1 Å². The van der Waals surface area contributed by atoms with E-state index in [0.29, 0.717) is 0 Å². The van der Waals surface area contributed by atoms with Crippen LogP contribution < -0.4 is 5.32 Å². The van der Waals surface area contributed by atoms with Gasteiger partial charge in [0.2, 0.25) is 5.91 Å². The van der Waals surface area contributed by atoms with Crippen LogP contribution in [0.4, 0.5) is 5.69 Å². The van der Waals surface area contributed by atoms with Gasteiger partial charge in [0.25, 0.3) is 0 Å². The van der Waals surface area contributed by atoms with Crippen molar-refractivity contribution in [2.24, 2.45) is 17.8 Å². The van der Waals surface area contributed by atoms with E-state index in [4.69, 9.17) is 0 Å². The summed E-state index contributed by atoms with van der Waals surface area (Å²) in [5.41, 5.74) is 2.73. The molecule has 2 aromatic rings. The van der Waals surface area contributed by atoms with Gasteiger partial charge < -0.3 is 5.32 Å². The van der Waals surface area contributed by atoms with E-state index in [1.54, 1.807) is 11.0 Å². The third-order valence-corrected chi connectivity index (χ3v) is 4.71. The SMILES string of the molecule is Cc1ccc(-n2cnnn2)cc1NC(=O)C1CC2CC2C1. The van der Waals surface area contributed by atoms with E-state index in [9.17, 15) is 4.79 Å². The van der Waals surface area contributed by atoms with Gasteiger partial charge in [-0.25, -0.2) is 4.68 Å². The molecule has 2 fully saturated rings. The number of fused-ring (bicyclic) bond motifs is 1. The van der Waals surface area contributed by atoms with Crippen molar-refractivity contribution in [3.8, 4) is 5.69 Å². The summed E-state index contributed by atoms with van der Waals surface area (Å²) in [5, 5.41) is 14.2. The predicted octanol–water partition coefficient (Wildman–Crippen LogP) is 1.96. The zero-order chi connectivity index (χ0) is 14.4. The van der Waals surface area contributed by atoms with Gasteiger partial charge in [-0.3, -0.25) is 4.79 Å². The third kappa shape index (κ3) is 2.30. The van der Waals surface area contributed by atoms with Crippen LogP contribution in [0.1, 0.15) is 24.8 Å². The van der Waals surface area contributed by atoms with Crippen molar-refractivity contribution in [1.82, 2.24) is 20.2 Å². The summed E-state index contributed by atoms with van der Waals surface area (Å²) in [4.78, 5) is 12.4. The Morgan fingerprint density at radius 3 is 2.81 bits per heavy atom. The highest BCUT2D eigenvalue weighted by Crippen LogP contribution is 2.54. The number of hydrogen-bond acceptors (Lipinski definition) is 4. The van der Waals surface area contributed by atoms with E-state index >= 15 is 0 Å². The van der Waals surface area contributed by atoms with Crippen LogP contribution in [0.15, 0.2) is 24.5 Å². The molecule has 6 nitrogen and oxygen atoms in total. The Bertz CT molecular complexity index is 671. The molecule has 2 saturated carbocycles. The number of anilines is 1. The van der Waals surface area contributed by atoms with E-state index in [1.807, 2.05) is 25.1 Å². The van der Waals surface area contributed by atoms with Crippen molar-refractivity contribution in [1.29, 1.82) is 0 Å². The summed E-state index contributed by atoms with van der Waals surface area (Å²) in [7, 11) is 0. The largest absolute Gasteiger partial charge is 0.326 e. The summed E-state index contributed by atoms with van der Waals surface area (Å²) in [6.07, 6.45) is 4.99. The van der Waals surface area contributed by atoms with Gasteiger partial charge in [0.1, 0.15) is 6.33 Å². The number of nitrogens with zero attached hydrogens (tertiary/aromatic N) is 4. The molecule has 2 atom stereocenters. The lowest BCUT2D eigenvalue weighted by molar-refractivity contribution is -0.120. The van der Waals surface area contributed by atoms with Crippen molar-refractivity contribution in [2.75, 3.05) is 5.32 Å². The van der Waals surface area contributed by atoms with E-state index in [1.165, 1.54) is 6.42 Å². The van der Waals surface area contributed by atoms with Crippen LogP contribution in [-0.2, 0) is 4.79 Å². The van der Waals surface area contributed by atoms with Crippen LogP contribution in [0, 0.1) is 24.7 Å². The zero-order valence-electron chi connectivity index (χ0n) is 11.9. The van der Waals surface area contributed by atoms with Gasteiger partial charge in [-0.15, -0.1) is 5.10 Å². The van der Waals surface area contributed by atoms with Crippen LogP contribution >= 0.6 is 0 Å². The van der Waals surface area contributed by atoms with Crippen LogP contribution in [0.3, 0.4) is 0 Å². The van der Waals surface area contributed by atoms with Crippen LogP contribution in [0.2, 0.25) is 0 Å². The minimum absolute atomic E-state index is 0.152. The Balaban J connectivity index is 1.53. The standard InChI is InChI=1S/C15H17N5O/c1-9-2-3-13(20-8-16-18-19-20)7-14(9)17-15(21)12-5-10-4-11(10)6-12/h2-3,7-8,10-12H,4-6H2,1H3,(H,17,21). The van der Waals surface area contributed by atoms with Crippen molar-refractivity contribution >= 4 is 11.6 Å². The van der Waals surface area contributed by atoms with Crippen molar-refractivity contribution in [3.05, 3.63) is 30.1 Å². The second kappa shape index (κ2) is 4.65. The maximum Gasteiger partial charge on any atom is 0.227 e. The van der Waals surface area contributed by atoms with Gasteiger partial charge in [-0.2, -0.15) is 0 Å². The molecule has 2 aliphatic rings. The Morgan fingerprint density at radius 1 is 1.29 bits per heavy atom. The second-order valence-corrected chi connectivity index (χ2v) is 6.17. The maximum atomic E-state index is 12.4. The normalized spacial score (nSPS) is 26.4. The Labute approximate surface area is 122 Å². The smallest absolute Gasteiger partial charge is 0.227 e. The number of aryl methyl sites for hydroxylation is 1. The number of hydrogen-bond donors (Lipinski definition) is 1. The number of tetrazole rings is 1. The molecule has 1 N–H and O–H groups in total. The molecule has 0 spiro atoms. The highest BCUT2D eigenvalue weighted by atomic mass is 16.1. The summed E-state index contributed by atoms with van der Waals surface area (Å²) in [6, 6.07) is 5.82. The van der Waals surface area contributed by atoms with Gasteiger partial charge in [0, 0.05) is 11.6 Å². The first-order valence-corrected chi connectivity index (χ1v) is 7.35. The molecule has 108 valence electrons. The monoisotopic (exact) mass is 283 g/mol.